The summed E-state index contributed by atoms with van der Waals surface area (Å²) >= 11 is 3.10. The molecule has 0 radical (unpaired) electrons. The molecular weight excluding hydrogens is 316 g/mol. The molecule has 6 heteroatoms. The Balaban J connectivity index is 0.000000191. The summed E-state index contributed by atoms with van der Waals surface area (Å²) in [6.45, 7) is 0. The number of benzene rings is 2. The first-order chi connectivity index (χ1) is 8.93. The van der Waals surface area contributed by atoms with E-state index in [0.717, 1.165) is 6.07 Å². The molecule has 0 atom stereocenters. The Morgan fingerprint density at radius 3 is 1.89 bits per heavy atom. The third-order valence-corrected chi connectivity index (χ3v) is 2.59. The van der Waals surface area contributed by atoms with Crippen molar-refractivity contribution in [3.8, 4) is 6.07 Å². The summed E-state index contributed by atoms with van der Waals surface area (Å²) in [5, 5.41) is 8.30. The van der Waals surface area contributed by atoms with Gasteiger partial charge >= 0.3 is 0 Å². The van der Waals surface area contributed by atoms with Gasteiger partial charge in [-0.2, -0.15) is 5.26 Å². The second kappa shape index (κ2) is 6.71. The fraction of sp³-hybridized carbons (Fsp3) is 0. The van der Waals surface area contributed by atoms with E-state index in [1.165, 1.54) is 24.3 Å². The zero-order valence-electron chi connectivity index (χ0n) is 9.70. The highest BCUT2D eigenvalue weighted by Gasteiger charge is 1.97. The van der Waals surface area contributed by atoms with Gasteiger partial charge in [-0.05, 0) is 36.4 Å². The Labute approximate surface area is 117 Å². The zero-order valence-corrected chi connectivity index (χ0v) is 11.3. The molecule has 2 aromatic carbocycles. The predicted molar refractivity (Wildman–Crippen MR) is 74.0 cm³/mol. The van der Waals surface area contributed by atoms with E-state index in [2.05, 4.69) is 15.9 Å². The third kappa shape index (κ3) is 4.56. The van der Waals surface area contributed by atoms with Crippen molar-refractivity contribution in [3.63, 3.8) is 0 Å². The molecule has 0 saturated heterocycles. The molecule has 19 heavy (non-hydrogen) atoms. The van der Waals surface area contributed by atoms with Gasteiger partial charge in [0.25, 0.3) is 0 Å². The van der Waals surface area contributed by atoms with E-state index >= 15 is 0 Å². The molecule has 0 aliphatic carbocycles. The first-order valence-electron chi connectivity index (χ1n) is 5.09. The quantitative estimate of drug-likeness (QED) is 0.728. The highest BCUT2D eigenvalue weighted by Crippen LogP contribution is 2.15. The van der Waals surface area contributed by atoms with Gasteiger partial charge in [0, 0.05) is 4.47 Å². The molecule has 0 heterocycles. The lowest BCUT2D eigenvalue weighted by Gasteiger charge is -1.93. The lowest BCUT2D eigenvalue weighted by molar-refractivity contribution is 0.631. The number of nitrogens with two attached hydrogens (primary N) is 2. The second-order valence-electron chi connectivity index (χ2n) is 3.51. The Kier molecular flexibility index (Phi) is 5.27. The summed E-state index contributed by atoms with van der Waals surface area (Å²) in [5.74, 6) is -0.927. The molecular formula is C13H10BrF2N3. The van der Waals surface area contributed by atoms with Crippen LogP contribution in [0.25, 0.3) is 0 Å². The lowest BCUT2D eigenvalue weighted by atomic mass is 10.2. The van der Waals surface area contributed by atoms with Gasteiger partial charge in [-0.25, -0.2) is 8.78 Å². The minimum Gasteiger partial charge on any atom is -0.396 e. The van der Waals surface area contributed by atoms with Crippen LogP contribution in [0.3, 0.4) is 0 Å². The van der Waals surface area contributed by atoms with Crippen LogP contribution in [0.5, 0.6) is 0 Å². The van der Waals surface area contributed by atoms with E-state index in [9.17, 15) is 8.78 Å². The van der Waals surface area contributed by atoms with Crippen LogP contribution in [0, 0.1) is 23.0 Å². The van der Waals surface area contributed by atoms with Gasteiger partial charge in [-0.15, -0.1) is 0 Å². The standard InChI is InChI=1S/C7H5FN2.C6H5BrFN/c8-6-3-5(4-9)1-2-7(6)10;7-4-1-2-6(9)5(8)3-4/h1-3H,10H2;1-3H,9H2. The van der Waals surface area contributed by atoms with Crippen molar-refractivity contribution < 1.29 is 8.78 Å². The van der Waals surface area contributed by atoms with Crippen molar-refractivity contribution in [2.75, 3.05) is 11.5 Å². The highest BCUT2D eigenvalue weighted by molar-refractivity contribution is 9.10. The van der Waals surface area contributed by atoms with Gasteiger partial charge < -0.3 is 11.5 Å². The molecule has 98 valence electrons. The average Bonchev–Trinajstić information content (AvgIpc) is 2.38. The summed E-state index contributed by atoms with van der Waals surface area (Å²) in [7, 11) is 0. The Morgan fingerprint density at radius 2 is 1.47 bits per heavy atom. The SMILES string of the molecule is N#Cc1ccc(N)c(F)c1.Nc1ccc(Br)cc1F. The number of nitrogens with zero attached hydrogens (tertiary/aromatic N) is 1. The van der Waals surface area contributed by atoms with Gasteiger partial charge in [0.05, 0.1) is 23.0 Å². The maximum atomic E-state index is 12.5. The molecule has 0 aliphatic rings. The molecule has 0 aromatic heterocycles. The molecule has 0 bridgehead atoms. The molecule has 0 aliphatic heterocycles. The number of hydrogen-bond donors (Lipinski definition) is 2. The number of anilines is 2. The van der Waals surface area contributed by atoms with Crippen LogP contribution in [-0.4, -0.2) is 0 Å². The van der Waals surface area contributed by atoms with E-state index < -0.39 is 5.82 Å². The maximum absolute atomic E-state index is 12.5. The third-order valence-electron chi connectivity index (χ3n) is 2.09. The molecule has 0 unspecified atom stereocenters. The van der Waals surface area contributed by atoms with Crippen molar-refractivity contribution in [1.82, 2.24) is 0 Å². The first kappa shape index (κ1) is 14.9. The largest absolute Gasteiger partial charge is 0.396 e. The monoisotopic (exact) mass is 325 g/mol. The molecule has 2 rings (SSSR count). The number of nitriles is 1. The summed E-state index contributed by atoms with van der Waals surface area (Å²) in [6.07, 6.45) is 0. The molecule has 0 spiro atoms. The molecule has 2 aromatic rings. The van der Waals surface area contributed by atoms with E-state index in [-0.39, 0.29) is 22.8 Å². The molecule has 4 N–H and O–H groups in total. The summed E-state index contributed by atoms with van der Waals surface area (Å²) < 4.78 is 25.6. The fourth-order valence-electron chi connectivity index (χ4n) is 1.10. The van der Waals surface area contributed by atoms with Gasteiger partial charge in [-0.3, -0.25) is 0 Å². The number of halogens is 3. The summed E-state index contributed by atoms with van der Waals surface area (Å²) in [5.41, 5.74) is 10.9. The normalized spacial score (nSPS) is 9.16. The van der Waals surface area contributed by atoms with Crippen LogP contribution < -0.4 is 11.5 Å². The first-order valence-corrected chi connectivity index (χ1v) is 5.89. The summed E-state index contributed by atoms with van der Waals surface area (Å²) in [6, 6.07) is 10.3. The van der Waals surface area contributed by atoms with Crippen molar-refractivity contribution in [1.29, 1.82) is 5.26 Å². The van der Waals surface area contributed by atoms with Gasteiger partial charge in [0.2, 0.25) is 0 Å². The number of rotatable bonds is 0. The molecule has 3 nitrogen and oxygen atoms in total. The zero-order chi connectivity index (χ0) is 14.4. The van der Waals surface area contributed by atoms with Gasteiger partial charge in [0.1, 0.15) is 11.6 Å². The van der Waals surface area contributed by atoms with Gasteiger partial charge in [0.15, 0.2) is 0 Å². The van der Waals surface area contributed by atoms with Crippen LogP contribution in [0.4, 0.5) is 20.2 Å². The average molecular weight is 326 g/mol. The number of hydrogen-bond acceptors (Lipinski definition) is 3. The minimum atomic E-state index is -0.543. The van der Waals surface area contributed by atoms with E-state index in [0.29, 0.717) is 4.47 Å². The lowest BCUT2D eigenvalue weighted by Crippen LogP contribution is -1.89. The van der Waals surface area contributed by atoms with Crippen molar-refractivity contribution in [3.05, 3.63) is 58.1 Å². The van der Waals surface area contributed by atoms with E-state index in [4.69, 9.17) is 16.7 Å². The maximum Gasteiger partial charge on any atom is 0.147 e. The minimum absolute atomic E-state index is 0.0685. The highest BCUT2D eigenvalue weighted by atomic mass is 79.9. The van der Waals surface area contributed by atoms with Crippen molar-refractivity contribution in [2.24, 2.45) is 0 Å². The predicted octanol–water partition coefficient (Wildman–Crippen LogP) is 3.45. The molecule has 0 amide bonds. The molecule has 0 fully saturated rings. The summed E-state index contributed by atoms with van der Waals surface area (Å²) in [4.78, 5) is 0. The fourth-order valence-corrected chi connectivity index (χ4v) is 1.43. The van der Waals surface area contributed by atoms with Crippen LogP contribution in [-0.2, 0) is 0 Å². The Bertz CT molecular complexity index is 624. The topological polar surface area (TPSA) is 75.8 Å². The van der Waals surface area contributed by atoms with Crippen LogP contribution in [0.15, 0.2) is 40.9 Å². The van der Waals surface area contributed by atoms with Crippen molar-refractivity contribution in [2.45, 2.75) is 0 Å². The van der Waals surface area contributed by atoms with Gasteiger partial charge in [-0.1, -0.05) is 15.9 Å². The molecule has 0 saturated carbocycles. The van der Waals surface area contributed by atoms with Crippen LogP contribution in [0.1, 0.15) is 5.56 Å². The van der Waals surface area contributed by atoms with Crippen molar-refractivity contribution >= 4 is 27.3 Å². The Morgan fingerprint density at radius 1 is 0.947 bits per heavy atom. The number of nitrogen functional groups attached to an aromatic ring is 2. The van der Waals surface area contributed by atoms with E-state index in [1.807, 2.05) is 0 Å². The second-order valence-corrected chi connectivity index (χ2v) is 4.43. The smallest absolute Gasteiger partial charge is 0.147 e. The van der Waals surface area contributed by atoms with Crippen LogP contribution >= 0.6 is 15.9 Å². The van der Waals surface area contributed by atoms with Crippen LogP contribution in [0.2, 0.25) is 0 Å². The Hall–Kier alpha value is -2.13. The van der Waals surface area contributed by atoms with E-state index in [1.54, 1.807) is 12.1 Å².